The lowest BCUT2D eigenvalue weighted by molar-refractivity contribution is 0.0722. The minimum atomic E-state index is 0.0293. The molecule has 1 amide bonds. The molecule has 0 bridgehead atoms. The zero-order chi connectivity index (χ0) is 14.9. The van der Waals surface area contributed by atoms with Crippen LogP contribution in [0, 0.1) is 5.92 Å². The molecule has 2 atom stereocenters. The molecule has 2 aromatic heterocycles. The number of carbonyl (C=O) groups excluding carboxylic acids is 1. The molecule has 6 nitrogen and oxygen atoms in total. The average Bonchev–Trinajstić information content (AvgIpc) is 3.24. The van der Waals surface area contributed by atoms with Gasteiger partial charge in [0.25, 0.3) is 5.91 Å². The summed E-state index contributed by atoms with van der Waals surface area (Å²) in [5, 5.41) is 8.13. The van der Waals surface area contributed by atoms with Crippen LogP contribution >= 0.6 is 0 Å². The molecule has 1 saturated carbocycles. The summed E-state index contributed by atoms with van der Waals surface area (Å²) < 4.78 is 1.68. The van der Waals surface area contributed by atoms with Crippen molar-refractivity contribution in [3.8, 4) is 0 Å². The van der Waals surface area contributed by atoms with Crippen molar-refractivity contribution in [2.75, 3.05) is 6.54 Å². The van der Waals surface area contributed by atoms with E-state index in [1.54, 1.807) is 17.1 Å². The minimum absolute atomic E-state index is 0.0293. The van der Waals surface area contributed by atoms with Crippen LogP contribution in [0.5, 0.6) is 0 Å². The van der Waals surface area contributed by atoms with Crippen LogP contribution < -0.4 is 0 Å². The molecule has 0 spiro atoms. The van der Waals surface area contributed by atoms with E-state index in [2.05, 4.69) is 15.3 Å². The Bertz CT molecular complexity index is 668. The molecule has 1 aliphatic heterocycles. The van der Waals surface area contributed by atoms with Gasteiger partial charge in [0.05, 0.1) is 18.4 Å². The summed E-state index contributed by atoms with van der Waals surface area (Å²) in [6, 6.07) is 6.18. The molecule has 22 heavy (non-hydrogen) atoms. The number of hydrogen-bond acceptors (Lipinski definition) is 4. The highest BCUT2D eigenvalue weighted by atomic mass is 16.2. The van der Waals surface area contributed by atoms with Gasteiger partial charge in [-0.3, -0.25) is 9.78 Å². The number of pyridine rings is 1. The molecular weight excluding hydrogens is 278 g/mol. The Balaban J connectivity index is 1.48. The number of nitrogens with zero attached hydrogens (tertiary/aromatic N) is 5. The van der Waals surface area contributed by atoms with Gasteiger partial charge in [0.2, 0.25) is 0 Å². The van der Waals surface area contributed by atoms with E-state index in [9.17, 15) is 4.79 Å². The van der Waals surface area contributed by atoms with Crippen molar-refractivity contribution in [2.24, 2.45) is 5.92 Å². The fourth-order valence-corrected chi connectivity index (χ4v) is 3.77. The molecule has 0 unspecified atom stereocenters. The molecule has 2 aromatic rings. The molecule has 114 valence electrons. The van der Waals surface area contributed by atoms with Gasteiger partial charge < -0.3 is 4.90 Å². The van der Waals surface area contributed by atoms with E-state index < -0.39 is 0 Å². The molecular formula is C16H19N5O. The normalized spacial score (nSPS) is 23.7. The lowest BCUT2D eigenvalue weighted by Gasteiger charge is -2.22. The Morgan fingerprint density at radius 1 is 1.27 bits per heavy atom. The van der Waals surface area contributed by atoms with Crippen LogP contribution in [0.25, 0.3) is 0 Å². The van der Waals surface area contributed by atoms with Crippen molar-refractivity contribution in [3.05, 3.63) is 42.0 Å². The summed E-state index contributed by atoms with van der Waals surface area (Å²) in [6.45, 7) is 1.40. The summed E-state index contributed by atoms with van der Waals surface area (Å²) in [4.78, 5) is 18.9. The molecule has 4 rings (SSSR count). The van der Waals surface area contributed by atoms with Gasteiger partial charge in [0, 0.05) is 18.8 Å². The van der Waals surface area contributed by atoms with Gasteiger partial charge in [-0.15, -0.1) is 5.10 Å². The van der Waals surface area contributed by atoms with E-state index in [0.717, 1.165) is 25.1 Å². The first-order valence-corrected chi connectivity index (χ1v) is 7.92. The van der Waals surface area contributed by atoms with Gasteiger partial charge in [0.15, 0.2) is 5.69 Å². The van der Waals surface area contributed by atoms with E-state index in [1.165, 1.54) is 12.8 Å². The first-order valence-electron chi connectivity index (χ1n) is 7.92. The third-order valence-corrected chi connectivity index (χ3v) is 4.83. The second-order valence-electron chi connectivity index (χ2n) is 6.17. The van der Waals surface area contributed by atoms with Crippen LogP contribution in [0.3, 0.4) is 0 Å². The third kappa shape index (κ3) is 2.38. The minimum Gasteiger partial charge on any atom is -0.334 e. The molecule has 2 fully saturated rings. The predicted molar refractivity (Wildman–Crippen MR) is 80.1 cm³/mol. The number of likely N-dealkylation sites (tertiary alicyclic amines) is 1. The Morgan fingerprint density at radius 2 is 2.23 bits per heavy atom. The highest BCUT2D eigenvalue weighted by Gasteiger charge is 2.40. The fourth-order valence-electron chi connectivity index (χ4n) is 3.77. The maximum absolute atomic E-state index is 12.6. The van der Waals surface area contributed by atoms with Gasteiger partial charge in [-0.1, -0.05) is 17.7 Å². The number of fused-ring (bicyclic) bond motifs is 1. The van der Waals surface area contributed by atoms with Crippen LogP contribution in [-0.2, 0) is 6.54 Å². The number of aromatic nitrogens is 4. The third-order valence-electron chi connectivity index (χ3n) is 4.83. The first kappa shape index (κ1) is 13.4. The Morgan fingerprint density at radius 3 is 3.09 bits per heavy atom. The van der Waals surface area contributed by atoms with E-state index in [4.69, 9.17) is 0 Å². The van der Waals surface area contributed by atoms with Crippen molar-refractivity contribution < 1.29 is 4.79 Å². The zero-order valence-electron chi connectivity index (χ0n) is 12.4. The maximum Gasteiger partial charge on any atom is 0.276 e. The number of rotatable bonds is 3. The van der Waals surface area contributed by atoms with Crippen LogP contribution in [-0.4, -0.2) is 43.4 Å². The molecule has 2 aliphatic rings. The van der Waals surface area contributed by atoms with Crippen LogP contribution in [0.2, 0.25) is 0 Å². The van der Waals surface area contributed by atoms with E-state index in [-0.39, 0.29) is 5.91 Å². The highest BCUT2D eigenvalue weighted by Crippen LogP contribution is 2.38. The molecule has 0 aromatic carbocycles. The second kappa shape index (κ2) is 5.51. The first-order chi connectivity index (χ1) is 10.8. The molecule has 3 heterocycles. The second-order valence-corrected chi connectivity index (χ2v) is 6.17. The molecule has 1 aliphatic carbocycles. The van der Waals surface area contributed by atoms with Crippen LogP contribution in [0.15, 0.2) is 30.6 Å². The molecule has 6 heteroatoms. The highest BCUT2D eigenvalue weighted by molar-refractivity contribution is 5.92. The predicted octanol–water partition coefficient (Wildman–Crippen LogP) is 1.74. The number of amides is 1. The Labute approximate surface area is 129 Å². The van der Waals surface area contributed by atoms with Crippen molar-refractivity contribution >= 4 is 5.91 Å². The standard InChI is InChI=1S/C16H19N5O/c22-16(21-9-7-12-4-3-6-15(12)21)14-11-20(19-18-14)10-13-5-1-2-8-17-13/h1-2,5,8,11-12,15H,3-4,6-7,9-10H2/t12-,15-/m0/s1. The average molecular weight is 297 g/mol. The van der Waals surface area contributed by atoms with Gasteiger partial charge >= 0.3 is 0 Å². The van der Waals surface area contributed by atoms with Gasteiger partial charge in [-0.2, -0.15) is 0 Å². The number of carbonyl (C=O) groups is 1. The van der Waals surface area contributed by atoms with Crippen molar-refractivity contribution in [1.29, 1.82) is 0 Å². The summed E-state index contributed by atoms with van der Waals surface area (Å²) in [7, 11) is 0. The fraction of sp³-hybridized carbons (Fsp3) is 0.500. The van der Waals surface area contributed by atoms with Crippen molar-refractivity contribution in [2.45, 2.75) is 38.3 Å². The Kier molecular flexibility index (Phi) is 3.36. The summed E-state index contributed by atoms with van der Waals surface area (Å²) in [6.07, 6.45) is 8.27. The summed E-state index contributed by atoms with van der Waals surface area (Å²) >= 11 is 0. The van der Waals surface area contributed by atoms with E-state index >= 15 is 0 Å². The molecule has 0 radical (unpaired) electrons. The van der Waals surface area contributed by atoms with Crippen molar-refractivity contribution in [1.82, 2.24) is 24.9 Å². The summed E-state index contributed by atoms with van der Waals surface area (Å²) in [5.74, 6) is 0.731. The van der Waals surface area contributed by atoms with Crippen LogP contribution in [0.4, 0.5) is 0 Å². The smallest absolute Gasteiger partial charge is 0.276 e. The lowest BCUT2D eigenvalue weighted by Crippen LogP contribution is -2.36. The van der Waals surface area contributed by atoms with Gasteiger partial charge in [-0.05, 0) is 37.3 Å². The monoisotopic (exact) mass is 297 g/mol. The summed E-state index contributed by atoms with van der Waals surface area (Å²) in [5.41, 5.74) is 1.35. The van der Waals surface area contributed by atoms with Crippen LogP contribution in [0.1, 0.15) is 41.9 Å². The number of hydrogen-bond donors (Lipinski definition) is 0. The lowest BCUT2D eigenvalue weighted by atomic mass is 10.0. The maximum atomic E-state index is 12.6. The largest absolute Gasteiger partial charge is 0.334 e. The topological polar surface area (TPSA) is 63.9 Å². The quantitative estimate of drug-likeness (QED) is 0.865. The van der Waals surface area contributed by atoms with E-state index in [1.807, 2.05) is 23.1 Å². The van der Waals surface area contributed by atoms with Gasteiger partial charge in [-0.25, -0.2) is 4.68 Å². The SMILES string of the molecule is O=C(c1cn(Cc2ccccn2)nn1)N1CC[C@@H]2CCC[C@@H]21. The molecule has 1 saturated heterocycles. The molecule has 0 N–H and O–H groups in total. The van der Waals surface area contributed by atoms with Crippen molar-refractivity contribution in [3.63, 3.8) is 0 Å². The Hall–Kier alpha value is -2.24. The van der Waals surface area contributed by atoms with E-state index in [0.29, 0.717) is 24.2 Å². The zero-order valence-corrected chi connectivity index (χ0v) is 12.4. The van der Waals surface area contributed by atoms with Gasteiger partial charge in [0.1, 0.15) is 0 Å².